The van der Waals surface area contributed by atoms with E-state index in [1.165, 1.54) is 26.2 Å². The monoisotopic (exact) mass is 268 g/mol. The van der Waals surface area contributed by atoms with Gasteiger partial charge >= 0.3 is 5.69 Å². The van der Waals surface area contributed by atoms with Crippen LogP contribution >= 0.6 is 0 Å². The Morgan fingerprint density at radius 3 is 2.68 bits per heavy atom. The molecule has 0 spiro atoms. The van der Waals surface area contributed by atoms with E-state index in [4.69, 9.17) is 4.74 Å². The van der Waals surface area contributed by atoms with Crippen molar-refractivity contribution < 1.29 is 19.6 Å². The maximum atomic E-state index is 11.1. The summed E-state index contributed by atoms with van der Waals surface area (Å²) in [6.07, 6.45) is 0. The molecule has 0 heterocycles. The maximum absolute atomic E-state index is 11.1. The molecule has 0 saturated carbocycles. The quantitative estimate of drug-likeness (QED) is 0.597. The summed E-state index contributed by atoms with van der Waals surface area (Å²) < 4.78 is 4.83. The molecule has 1 aromatic carbocycles. The number of carbonyl (C=O) groups excluding carboxylic acids is 1. The van der Waals surface area contributed by atoms with Gasteiger partial charge in [0.15, 0.2) is 0 Å². The van der Waals surface area contributed by atoms with Crippen LogP contribution in [0.3, 0.4) is 0 Å². The van der Waals surface area contributed by atoms with E-state index < -0.39 is 4.92 Å². The smallest absolute Gasteiger partial charge is 0.311 e. The van der Waals surface area contributed by atoms with E-state index in [2.05, 4.69) is 5.32 Å². The van der Waals surface area contributed by atoms with Gasteiger partial charge in [-0.2, -0.15) is 0 Å². The highest BCUT2D eigenvalue weighted by atomic mass is 16.6. The number of ketones is 1. The van der Waals surface area contributed by atoms with Gasteiger partial charge in [0.1, 0.15) is 11.5 Å². The molecule has 0 aliphatic heterocycles. The van der Waals surface area contributed by atoms with Crippen LogP contribution in [0.15, 0.2) is 12.1 Å². The van der Waals surface area contributed by atoms with E-state index in [1.807, 2.05) is 0 Å². The molecule has 0 aliphatic carbocycles. The molecule has 19 heavy (non-hydrogen) atoms. The molecule has 1 rings (SSSR count). The Balaban J connectivity index is 2.98. The number of nitro groups is 1. The van der Waals surface area contributed by atoms with Crippen molar-refractivity contribution in [2.24, 2.45) is 0 Å². The van der Waals surface area contributed by atoms with Crippen molar-refractivity contribution in [3.8, 4) is 11.5 Å². The summed E-state index contributed by atoms with van der Waals surface area (Å²) in [6.45, 7) is 3.27. The average molecular weight is 268 g/mol. The lowest BCUT2D eigenvalue weighted by atomic mass is 10.1. The summed E-state index contributed by atoms with van der Waals surface area (Å²) in [5.41, 5.74) is 0.105. The van der Waals surface area contributed by atoms with Crippen LogP contribution in [0.5, 0.6) is 11.5 Å². The number of ether oxygens (including phenoxy) is 1. The lowest BCUT2D eigenvalue weighted by molar-refractivity contribution is -0.385. The molecule has 0 bridgehead atoms. The summed E-state index contributed by atoms with van der Waals surface area (Å²) >= 11 is 0. The highest BCUT2D eigenvalue weighted by Gasteiger charge is 2.19. The minimum Gasteiger partial charge on any atom is -0.507 e. The zero-order valence-electron chi connectivity index (χ0n) is 11.0. The number of benzene rings is 1. The Hall–Kier alpha value is -2.15. The largest absolute Gasteiger partial charge is 0.507 e. The normalized spacial score (nSPS) is 11.9. The number of nitrogens with one attached hydrogen (secondary N) is 1. The number of hydrogen-bond donors (Lipinski definition) is 2. The first-order chi connectivity index (χ1) is 8.86. The molecule has 7 nitrogen and oxygen atoms in total. The molecular formula is C12H16N2O5. The Kier molecular flexibility index (Phi) is 4.82. The zero-order valence-corrected chi connectivity index (χ0v) is 11.0. The topological polar surface area (TPSA) is 102 Å². The summed E-state index contributed by atoms with van der Waals surface area (Å²) in [7, 11) is 1.29. The van der Waals surface area contributed by atoms with Crippen LogP contribution in [0, 0.1) is 10.1 Å². The van der Waals surface area contributed by atoms with Gasteiger partial charge in [-0.15, -0.1) is 0 Å². The Morgan fingerprint density at radius 2 is 2.21 bits per heavy atom. The molecule has 104 valence electrons. The molecule has 0 unspecified atom stereocenters. The average Bonchev–Trinajstić information content (AvgIpc) is 2.35. The van der Waals surface area contributed by atoms with E-state index in [9.17, 15) is 20.0 Å². The van der Waals surface area contributed by atoms with Crippen molar-refractivity contribution in [1.29, 1.82) is 0 Å². The van der Waals surface area contributed by atoms with E-state index in [-0.39, 0.29) is 35.6 Å². The third-order valence-electron chi connectivity index (χ3n) is 2.79. The molecule has 0 saturated heterocycles. The summed E-state index contributed by atoms with van der Waals surface area (Å²) in [6, 6.07) is 2.03. The van der Waals surface area contributed by atoms with Crippen molar-refractivity contribution >= 4 is 11.5 Å². The van der Waals surface area contributed by atoms with Crippen molar-refractivity contribution in [3.63, 3.8) is 0 Å². The number of carbonyl (C=O) groups is 1. The van der Waals surface area contributed by atoms with Crippen LogP contribution in [0.4, 0.5) is 5.69 Å². The molecule has 0 aromatic heterocycles. The van der Waals surface area contributed by atoms with Crippen LogP contribution < -0.4 is 10.1 Å². The molecule has 0 fully saturated rings. The lowest BCUT2D eigenvalue weighted by Crippen LogP contribution is -2.31. The van der Waals surface area contributed by atoms with Gasteiger partial charge in [-0.25, -0.2) is 0 Å². The second-order valence-corrected chi connectivity index (χ2v) is 4.12. The number of methoxy groups -OCH3 is 1. The Labute approximate surface area is 110 Å². The second kappa shape index (κ2) is 6.14. The summed E-state index contributed by atoms with van der Waals surface area (Å²) in [4.78, 5) is 21.3. The number of aromatic hydroxyl groups is 1. The van der Waals surface area contributed by atoms with Gasteiger partial charge in [-0.3, -0.25) is 14.9 Å². The van der Waals surface area contributed by atoms with Crippen LogP contribution in [0.25, 0.3) is 0 Å². The first-order valence-corrected chi connectivity index (χ1v) is 5.65. The minimum absolute atomic E-state index is 0.00846. The fraction of sp³-hybridized carbons (Fsp3) is 0.417. The standard InChI is InChI=1S/C12H16N2O5/c1-7(8(2)15)13-6-9-4-10(14(17)18)12(19-3)5-11(9)16/h4-5,7,13,16H,6H2,1-3H3/t7-/m0/s1. The van der Waals surface area contributed by atoms with Crippen molar-refractivity contribution in [2.45, 2.75) is 26.4 Å². The zero-order chi connectivity index (χ0) is 14.6. The van der Waals surface area contributed by atoms with E-state index >= 15 is 0 Å². The number of nitrogens with zero attached hydrogens (tertiary/aromatic N) is 1. The van der Waals surface area contributed by atoms with E-state index in [1.54, 1.807) is 6.92 Å². The molecule has 0 radical (unpaired) electrons. The van der Waals surface area contributed by atoms with Gasteiger partial charge in [0, 0.05) is 24.2 Å². The van der Waals surface area contributed by atoms with Crippen molar-refractivity contribution in [3.05, 3.63) is 27.8 Å². The molecule has 0 amide bonds. The maximum Gasteiger partial charge on any atom is 0.311 e. The van der Waals surface area contributed by atoms with Gasteiger partial charge in [0.05, 0.1) is 18.1 Å². The van der Waals surface area contributed by atoms with Gasteiger partial charge in [0.25, 0.3) is 0 Å². The summed E-state index contributed by atoms with van der Waals surface area (Å²) in [5, 5.41) is 23.5. The third kappa shape index (κ3) is 3.65. The predicted molar refractivity (Wildman–Crippen MR) is 68.3 cm³/mol. The van der Waals surface area contributed by atoms with Gasteiger partial charge in [-0.1, -0.05) is 0 Å². The highest BCUT2D eigenvalue weighted by Crippen LogP contribution is 2.33. The lowest BCUT2D eigenvalue weighted by Gasteiger charge is -2.12. The van der Waals surface area contributed by atoms with E-state index in [0.29, 0.717) is 5.56 Å². The number of rotatable bonds is 6. The highest BCUT2D eigenvalue weighted by molar-refractivity contribution is 5.80. The Morgan fingerprint density at radius 1 is 1.58 bits per heavy atom. The van der Waals surface area contributed by atoms with Crippen LogP contribution in [0.1, 0.15) is 19.4 Å². The van der Waals surface area contributed by atoms with Gasteiger partial charge in [0.2, 0.25) is 5.75 Å². The fourth-order valence-electron chi connectivity index (χ4n) is 1.46. The molecule has 1 aromatic rings. The molecule has 1 atom stereocenters. The van der Waals surface area contributed by atoms with E-state index in [0.717, 1.165) is 0 Å². The molecular weight excluding hydrogens is 252 g/mol. The molecule has 2 N–H and O–H groups in total. The SMILES string of the molecule is COc1cc(O)c(CN[C@@H](C)C(C)=O)cc1[N+](=O)[O-]. The number of nitro benzene ring substituents is 1. The van der Waals surface area contributed by atoms with Crippen molar-refractivity contribution in [2.75, 3.05) is 7.11 Å². The second-order valence-electron chi connectivity index (χ2n) is 4.12. The number of Topliss-reactive ketones (excluding diaryl/α,β-unsaturated/α-hetero) is 1. The number of phenolic OH excluding ortho intramolecular Hbond substituents is 1. The predicted octanol–water partition coefficient (Wildman–Crippen LogP) is 1.38. The van der Waals surface area contributed by atoms with Crippen LogP contribution in [0.2, 0.25) is 0 Å². The number of hydrogen-bond acceptors (Lipinski definition) is 6. The Bertz CT molecular complexity index is 501. The van der Waals surface area contributed by atoms with Gasteiger partial charge < -0.3 is 15.2 Å². The first kappa shape index (κ1) is 14.9. The third-order valence-corrected chi connectivity index (χ3v) is 2.79. The molecule has 7 heteroatoms. The minimum atomic E-state index is -0.587. The molecule has 0 aliphatic rings. The first-order valence-electron chi connectivity index (χ1n) is 5.65. The van der Waals surface area contributed by atoms with Crippen LogP contribution in [-0.4, -0.2) is 29.0 Å². The van der Waals surface area contributed by atoms with Gasteiger partial charge in [-0.05, 0) is 13.8 Å². The summed E-state index contributed by atoms with van der Waals surface area (Å²) in [5.74, 6) is -0.181. The fourth-order valence-corrected chi connectivity index (χ4v) is 1.46. The van der Waals surface area contributed by atoms with Crippen LogP contribution in [-0.2, 0) is 11.3 Å². The number of phenols is 1. The van der Waals surface area contributed by atoms with Crippen molar-refractivity contribution in [1.82, 2.24) is 5.32 Å².